The number of rotatable bonds is 6. The Bertz CT molecular complexity index is 2380. The standard InChI is InChI=1S/C35H32N10O4/c1-20(39-33(47)28-30(36)41-44-16-8-15-37-32(28)44)31-40-26-12-7-9-22(27(26)35(49)45(31)25-10-5-4-6-11-25)13-14-23-17-38-42(3)29(23)24-18-43(19-24)34(48)21(2)46/h4-12,15-17,20-21,24,46H,18-19H2,1-3H3,(H2,36,41)(H,39,47)/t20-,21?/m0/s1. The smallest absolute Gasteiger partial charge is 0.267 e. The molecule has 2 aromatic carbocycles. The lowest BCUT2D eigenvalue weighted by Crippen LogP contribution is -2.52. The van der Waals surface area contributed by atoms with E-state index in [1.54, 1.807) is 71.5 Å². The van der Waals surface area contributed by atoms with Gasteiger partial charge in [-0.15, -0.1) is 5.10 Å². The molecule has 2 amide bonds. The molecule has 0 saturated carbocycles. The number of likely N-dealkylation sites (tertiary alicyclic amines) is 1. The van der Waals surface area contributed by atoms with Gasteiger partial charge in [0.15, 0.2) is 11.5 Å². The van der Waals surface area contributed by atoms with Gasteiger partial charge in [0, 0.05) is 44.0 Å². The Kier molecular flexibility index (Phi) is 7.89. The number of anilines is 1. The minimum Gasteiger partial charge on any atom is -0.384 e. The molecule has 246 valence electrons. The largest absolute Gasteiger partial charge is 0.384 e. The lowest BCUT2D eigenvalue weighted by molar-refractivity contribution is -0.143. The summed E-state index contributed by atoms with van der Waals surface area (Å²) in [6.07, 6.45) is 3.81. The van der Waals surface area contributed by atoms with E-state index in [1.165, 1.54) is 16.0 Å². The van der Waals surface area contributed by atoms with Gasteiger partial charge in [0.1, 0.15) is 17.5 Å². The number of hydrogen-bond acceptors (Lipinski definition) is 9. The topological polar surface area (TPSA) is 179 Å². The Morgan fingerprint density at radius 1 is 1.04 bits per heavy atom. The second-order valence-corrected chi connectivity index (χ2v) is 11.9. The second-order valence-electron chi connectivity index (χ2n) is 11.9. The Morgan fingerprint density at radius 2 is 1.80 bits per heavy atom. The molecule has 4 N–H and O–H groups in total. The average molecular weight is 657 g/mol. The zero-order chi connectivity index (χ0) is 34.4. The van der Waals surface area contributed by atoms with Gasteiger partial charge in [0.05, 0.1) is 40.1 Å². The molecular formula is C35H32N10O4. The highest BCUT2D eigenvalue weighted by atomic mass is 16.3. The third-order valence-corrected chi connectivity index (χ3v) is 8.58. The molecule has 1 aliphatic rings. The van der Waals surface area contributed by atoms with Gasteiger partial charge >= 0.3 is 0 Å². The number of carbonyl (C=O) groups is 2. The van der Waals surface area contributed by atoms with E-state index in [1.807, 2.05) is 25.2 Å². The quantitative estimate of drug-likeness (QED) is 0.226. The van der Waals surface area contributed by atoms with Crippen LogP contribution in [0.1, 0.15) is 58.8 Å². The number of aryl methyl sites for hydroxylation is 1. The number of fused-ring (bicyclic) bond motifs is 2. The lowest BCUT2D eigenvalue weighted by atomic mass is 9.93. The van der Waals surface area contributed by atoms with Crippen LogP contribution in [0.25, 0.3) is 22.2 Å². The van der Waals surface area contributed by atoms with Crippen LogP contribution in [-0.4, -0.2) is 74.9 Å². The fraction of sp³-hybridized carbons (Fsp3) is 0.229. The van der Waals surface area contributed by atoms with Crippen LogP contribution in [0.3, 0.4) is 0 Å². The first-order valence-corrected chi connectivity index (χ1v) is 15.6. The Balaban J connectivity index is 1.27. The van der Waals surface area contributed by atoms with Crippen molar-refractivity contribution in [3.8, 4) is 17.5 Å². The summed E-state index contributed by atoms with van der Waals surface area (Å²) in [6, 6.07) is 15.3. The minimum atomic E-state index is -1.06. The van der Waals surface area contributed by atoms with E-state index in [4.69, 9.17) is 10.7 Å². The van der Waals surface area contributed by atoms with Crippen LogP contribution >= 0.6 is 0 Å². The first kappa shape index (κ1) is 31.3. The molecule has 2 atom stereocenters. The molecule has 1 saturated heterocycles. The number of aliphatic hydroxyl groups excluding tert-OH is 1. The van der Waals surface area contributed by atoms with E-state index in [2.05, 4.69) is 32.3 Å². The molecule has 5 heterocycles. The zero-order valence-corrected chi connectivity index (χ0v) is 26.9. The number of nitrogens with one attached hydrogen (secondary N) is 1. The molecule has 49 heavy (non-hydrogen) atoms. The number of aromatic nitrogens is 7. The van der Waals surface area contributed by atoms with Crippen LogP contribution in [0.2, 0.25) is 0 Å². The van der Waals surface area contributed by atoms with Crippen molar-refractivity contribution in [2.75, 3.05) is 18.8 Å². The van der Waals surface area contributed by atoms with Gasteiger partial charge < -0.3 is 21.1 Å². The third kappa shape index (κ3) is 5.55. The molecule has 7 rings (SSSR count). The van der Waals surface area contributed by atoms with Crippen molar-refractivity contribution in [3.05, 3.63) is 112 Å². The summed E-state index contributed by atoms with van der Waals surface area (Å²) in [7, 11) is 1.82. The number of para-hydroxylation sites is 1. The number of amides is 2. The number of aliphatic hydroxyl groups is 1. The second kappa shape index (κ2) is 12.4. The zero-order valence-electron chi connectivity index (χ0n) is 26.9. The molecule has 1 fully saturated rings. The maximum Gasteiger partial charge on any atom is 0.267 e. The van der Waals surface area contributed by atoms with Crippen LogP contribution < -0.4 is 16.6 Å². The molecule has 0 radical (unpaired) electrons. The highest BCUT2D eigenvalue weighted by Crippen LogP contribution is 2.30. The number of benzene rings is 2. The fourth-order valence-electron chi connectivity index (χ4n) is 6.18. The summed E-state index contributed by atoms with van der Waals surface area (Å²) in [5.41, 5.74) is 9.17. The van der Waals surface area contributed by atoms with Gasteiger partial charge in [0.25, 0.3) is 17.4 Å². The molecule has 14 nitrogen and oxygen atoms in total. The van der Waals surface area contributed by atoms with Crippen molar-refractivity contribution >= 4 is 34.2 Å². The molecule has 1 aliphatic heterocycles. The first-order chi connectivity index (χ1) is 23.6. The number of nitrogens with zero attached hydrogens (tertiary/aromatic N) is 8. The highest BCUT2D eigenvalue weighted by molar-refractivity contribution is 6.04. The van der Waals surface area contributed by atoms with Crippen LogP contribution in [0.5, 0.6) is 0 Å². The van der Waals surface area contributed by atoms with Gasteiger partial charge in [-0.3, -0.25) is 23.6 Å². The summed E-state index contributed by atoms with van der Waals surface area (Å²) in [5.74, 6) is 5.90. The first-order valence-electron chi connectivity index (χ1n) is 15.6. The maximum absolute atomic E-state index is 14.4. The van der Waals surface area contributed by atoms with Gasteiger partial charge in [-0.1, -0.05) is 36.1 Å². The van der Waals surface area contributed by atoms with Crippen molar-refractivity contribution in [1.29, 1.82) is 0 Å². The molecule has 14 heteroatoms. The Hall–Kier alpha value is -6.33. The molecule has 1 unspecified atom stereocenters. The van der Waals surface area contributed by atoms with E-state index in [-0.39, 0.29) is 28.8 Å². The third-order valence-electron chi connectivity index (χ3n) is 8.58. The van der Waals surface area contributed by atoms with Crippen LogP contribution in [0.15, 0.2) is 78.0 Å². The summed E-state index contributed by atoms with van der Waals surface area (Å²) >= 11 is 0. The van der Waals surface area contributed by atoms with E-state index in [0.29, 0.717) is 52.3 Å². The van der Waals surface area contributed by atoms with Crippen molar-refractivity contribution in [2.24, 2.45) is 7.05 Å². The van der Waals surface area contributed by atoms with E-state index < -0.39 is 18.1 Å². The van der Waals surface area contributed by atoms with Crippen molar-refractivity contribution in [1.82, 2.24) is 44.1 Å². The number of nitrogen functional groups attached to an aromatic ring is 1. The van der Waals surface area contributed by atoms with Gasteiger partial charge in [-0.25, -0.2) is 14.5 Å². The van der Waals surface area contributed by atoms with Gasteiger partial charge in [0.2, 0.25) is 0 Å². The fourth-order valence-corrected chi connectivity index (χ4v) is 6.18. The van der Waals surface area contributed by atoms with Crippen molar-refractivity contribution < 1.29 is 14.7 Å². The molecule has 0 spiro atoms. The highest BCUT2D eigenvalue weighted by Gasteiger charge is 2.36. The van der Waals surface area contributed by atoms with E-state index in [0.717, 1.165) is 5.69 Å². The van der Waals surface area contributed by atoms with E-state index >= 15 is 0 Å². The average Bonchev–Trinajstić information content (AvgIpc) is 3.61. The molecule has 0 aliphatic carbocycles. The summed E-state index contributed by atoms with van der Waals surface area (Å²) in [6.45, 7) is 4.11. The summed E-state index contributed by atoms with van der Waals surface area (Å²) in [4.78, 5) is 50.9. The monoisotopic (exact) mass is 656 g/mol. The van der Waals surface area contributed by atoms with Crippen LogP contribution in [0.4, 0.5) is 5.82 Å². The SMILES string of the molecule is CC(O)C(=O)N1CC(c2c(C#Cc3cccc4nc([C@H](C)NC(=O)c5c(N)nn6cccnc56)n(-c5ccccc5)c(=O)c34)cnn2C)C1. The molecule has 0 bridgehead atoms. The van der Waals surface area contributed by atoms with Crippen LogP contribution in [-0.2, 0) is 11.8 Å². The molecule has 4 aromatic heterocycles. The maximum atomic E-state index is 14.4. The number of carbonyl (C=O) groups excluding carboxylic acids is 2. The molecular weight excluding hydrogens is 624 g/mol. The predicted octanol–water partition coefficient (Wildman–Crippen LogP) is 1.94. The number of hydrogen-bond donors (Lipinski definition) is 3. The van der Waals surface area contributed by atoms with Crippen LogP contribution in [0, 0.1) is 11.8 Å². The van der Waals surface area contributed by atoms with Gasteiger partial charge in [-0.2, -0.15) is 5.10 Å². The lowest BCUT2D eigenvalue weighted by Gasteiger charge is -2.40. The van der Waals surface area contributed by atoms with E-state index in [9.17, 15) is 19.5 Å². The predicted molar refractivity (Wildman–Crippen MR) is 181 cm³/mol. The Labute approximate surface area is 279 Å². The Morgan fingerprint density at radius 3 is 2.55 bits per heavy atom. The van der Waals surface area contributed by atoms with Gasteiger partial charge in [-0.05, 0) is 44.2 Å². The minimum absolute atomic E-state index is 0.00937. The summed E-state index contributed by atoms with van der Waals surface area (Å²) < 4.78 is 4.65. The number of nitrogens with two attached hydrogens (primary N) is 1. The summed E-state index contributed by atoms with van der Waals surface area (Å²) in [5, 5.41) is 21.5. The van der Waals surface area contributed by atoms with Crippen molar-refractivity contribution in [2.45, 2.75) is 31.9 Å². The van der Waals surface area contributed by atoms with Crippen molar-refractivity contribution in [3.63, 3.8) is 0 Å². The molecule has 6 aromatic rings. The normalized spacial score (nSPS) is 14.2.